The van der Waals surface area contributed by atoms with E-state index in [1.165, 1.54) is 24.4 Å². The quantitative estimate of drug-likeness (QED) is 0.556. The molecule has 4 rings (SSSR count). The van der Waals surface area contributed by atoms with E-state index in [4.69, 9.17) is 4.98 Å². The highest BCUT2D eigenvalue weighted by atomic mass is 32.2. The first-order valence-electron chi connectivity index (χ1n) is 11.2. The minimum atomic E-state index is -4.42. The van der Waals surface area contributed by atoms with Crippen LogP contribution in [0, 0.1) is 18.7 Å². The molecule has 0 aliphatic carbocycles. The fraction of sp³-hybridized carbons (Fsp3) is 0.320. The van der Waals surface area contributed by atoms with E-state index in [0.29, 0.717) is 35.1 Å². The molecule has 2 aromatic heterocycles. The topological polar surface area (TPSA) is 112 Å². The lowest BCUT2D eigenvalue weighted by atomic mass is 9.90. The summed E-state index contributed by atoms with van der Waals surface area (Å²) >= 11 is 0. The van der Waals surface area contributed by atoms with E-state index in [0.717, 1.165) is 12.5 Å². The molecule has 0 saturated carbocycles. The number of halogens is 1. The number of benzene rings is 1. The lowest BCUT2D eigenvalue weighted by Gasteiger charge is -2.36. The van der Waals surface area contributed by atoms with Crippen LogP contribution in [0.2, 0.25) is 0 Å². The van der Waals surface area contributed by atoms with Crippen molar-refractivity contribution in [3.63, 3.8) is 0 Å². The molecule has 1 aliphatic heterocycles. The highest BCUT2D eigenvalue weighted by molar-refractivity contribution is 7.90. The largest absolute Gasteiger partial charge is 0.351 e. The Morgan fingerprint density at radius 2 is 1.97 bits per heavy atom. The number of aryl methyl sites for hydroxylation is 1. The maximum absolute atomic E-state index is 13.8. The number of anilines is 1. The van der Waals surface area contributed by atoms with Crippen molar-refractivity contribution < 1.29 is 17.6 Å². The second kappa shape index (κ2) is 8.92. The molecule has 3 aromatic rings. The van der Waals surface area contributed by atoms with Crippen LogP contribution in [0.3, 0.4) is 0 Å². The average molecular weight is 499 g/mol. The van der Waals surface area contributed by atoms with E-state index in [2.05, 4.69) is 11.9 Å². The first-order chi connectivity index (χ1) is 16.4. The molecule has 1 atom stereocenters. The molecular weight excluding hydrogens is 471 g/mol. The van der Waals surface area contributed by atoms with Crippen molar-refractivity contribution >= 4 is 21.7 Å². The van der Waals surface area contributed by atoms with Crippen LogP contribution in [0.1, 0.15) is 43.1 Å². The third-order valence-corrected chi connectivity index (χ3v) is 8.17. The summed E-state index contributed by atoms with van der Waals surface area (Å²) in [6.45, 7) is 8.48. The van der Waals surface area contributed by atoms with Gasteiger partial charge < -0.3 is 9.88 Å². The minimum Gasteiger partial charge on any atom is -0.351 e. The van der Waals surface area contributed by atoms with Gasteiger partial charge in [-0.15, -0.1) is 0 Å². The summed E-state index contributed by atoms with van der Waals surface area (Å²) < 4.78 is 41.4. The predicted molar refractivity (Wildman–Crippen MR) is 131 cm³/mol. The van der Waals surface area contributed by atoms with E-state index in [9.17, 15) is 22.4 Å². The molecule has 10 heteroatoms. The van der Waals surface area contributed by atoms with Crippen LogP contribution >= 0.6 is 0 Å². The lowest BCUT2D eigenvalue weighted by Crippen LogP contribution is -2.44. The summed E-state index contributed by atoms with van der Waals surface area (Å²) in [5, 5.41) is 0. The number of rotatable bonds is 5. The minimum absolute atomic E-state index is 0.0608. The summed E-state index contributed by atoms with van der Waals surface area (Å²) in [6.07, 6.45) is 2.17. The van der Waals surface area contributed by atoms with Crippen molar-refractivity contribution in [2.75, 3.05) is 11.4 Å². The SMILES string of the molecule is Cc1cc(-c2ccc(C(=O)NS(=O)(=O)c3ccc[nH]c3=O)c(N3CCC(C)C3(C)C)n2)ccc1F. The van der Waals surface area contributed by atoms with Gasteiger partial charge >= 0.3 is 0 Å². The number of hydrogen-bond acceptors (Lipinski definition) is 6. The second-order valence-corrected chi connectivity index (χ2v) is 11.0. The van der Waals surface area contributed by atoms with Gasteiger partial charge in [0.25, 0.3) is 21.5 Å². The second-order valence-electron chi connectivity index (χ2n) is 9.32. The van der Waals surface area contributed by atoms with Crippen molar-refractivity contribution in [3.8, 4) is 11.3 Å². The molecule has 1 saturated heterocycles. The Morgan fingerprint density at radius 3 is 2.60 bits per heavy atom. The average Bonchev–Trinajstić information content (AvgIpc) is 3.07. The fourth-order valence-electron chi connectivity index (χ4n) is 4.25. The predicted octanol–water partition coefficient (Wildman–Crippen LogP) is 3.63. The number of hydrogen-bond donors (Lipinski definition) is 2. The van der Waals surface area contributed by atoms with Crippen molar-refractivity contribution in [1.82, 2.24) is 14.7 Å². The van der Waals surface area contributed by atoms with E-state index < -0.39 is 26.4 Å². The van der Waals surface area contributed by atoms with Crippen LogP contribution < -0.4 is 15.2 Å². The van der Waals surface area contributed by atoms with E-state index in [1.54, 1.807) is 25.1 Å². The first-order valence-corrected chi connectivity index (χ1v) is 12.7. The van der Waals surface area contributed by atoms with Crippen LogP contribution in [0.25, 0.3) is 11.3 Å². The van der Waals surface area contributed by atoms with Gasteiger partial charge in [0, 0.05) is 23.8 Å². The number of nitrogens with one attached hydrogen (secondary N) is 2. The lowest BCUT2D eigenvalue weighted by molar-refractivity contribution is 0.0981. The first kappa shape index (κ1) is 24.6. The van der Waals surface area contributed by atoms with Gasteiger partial charge in [-0.3, -0.25) is 9.59 Å². The maximum atomic E-state index is 13.8. The van der Waals surface area contributed by atoms with Crippen LogP contribution in [-0.4, -0.2) is 36.4 Å². The van der Waals surface area contributed by atoms with Gasteiger partial charge in [-0.25, -0.2) is 22.5 Å². The number of H-pyrrole nitrogens is 1. The highest BCUT2D eigenvalue weighted by Gasteiger charge is 2.41. The molecule has 0 spiro atoms. The molecule has 3 heterocycles. The van der Waals surface area contributed by atoms with Gasteiger partial charge in [-0.05, 0) is 81.1 Å². The number of sulfonamides is 1. The zero-order valence-electron chi connectivity index (χ0n) is 19.9. The molecule has 1 fully saturated rings. The number of pyridine rings is 2. The van der Waals surface area contributed by atoms with Crippen molar-refractivity contribution in [2.45, 2.75) is 44.6 Å². The zero-order chi connectivity index (χ0) is 25.5. The van der Waals surface area contributed by atoms with Gasteiger partial charge in [0.2, 0.25) is 0 Å². The molecule has 0 radical (unpaired) electrons. The van der Waals surface area contributed by atoms with Crippen LogP contribution in [0.4, 0.5) is 10.2 Å². The Morgan fingerprint density at radius 1 is 1.23 bits per heavy atom. The monoisotopic (exact) mass is 498 g/mol. The summed E-state index contributed by atoms with van der Waals surface area (Å²) in [6, 6.07) is 10.2. The standard InChI is InChI=1S/C25H27FN4O4S/c1-15-14-17(7-9-19(15)26)20-10-8-18(22(28-20)30-13-11-16(2)25(30,3)4)23(31)29-35(33,34)21-6-5-12-27-24(21)32/h5-10,12,14,16H,11,13H2,1-4H3,(H,27,32)(H,29,31). The Balaban J connectivity index is 1.80. The van der Waals surface area contributed by atoms with Crippen molar-refractivity contribution in [3.05, 3.63) is 76.0 Å². The normalized spacial score (nSPS) is 17.4. The molecule has 1 amide bonds. The maximum Gasteiger partial charge on any atom is 0.269 e. The van der Waals surface area contributed by atoms with E-state index >= 15 is 0 Å². The number of nitrogens with zero attached hydrogens (tertiary/aromatic N) is 2. The Labute approximate surface area is 203 Å². The van der Waals surface area contributed by atoms with Gasteiger partial charge in [-0.2, -0.15) is 0 Å². The Hall–Kier alpha value is -3.53. The summed E-state index contributed by atoms with van der Waals surface area (Å²) in [4.78, 5) is 33.7. The van der Waals surface area contributed by atoms with Gasteiger partial charge in [0.1, 0.15) is 11.6 Å². The number of aromatic amines is 1. The number of aromatic nitrogens is 2. The summed E-state index contributed by atoms with van der Waals surface area (Å²) in [5.74, 6) is -0.606. The highest BCUT2D eigenvalue weighted by Crippen LogP contribution is 2.39. The fourth-order valence-corrected chi connectivity index (χ4v) is 5.28. The smallest absolute Gasteiger partial charge is 0.269 e. The molecular formula is C25H27FN4O4S. The molecule has 2 N–H and O–H groups in total. The van der Waals surface area contributed by atoms with Crippen LogP contribution in [-0.2, 0) is 10.0 Å². The van der Waals surface area contributed by atoms with Crippen molar-refractivity contribution in [2.24, 2.45) is 5.92 Å². The molecule has 1 unspecified atom stereocenters. The molecule has 0 bridgehead atoms. The third kappa shape index (κ3) is 4.58. The Kier molecular flexibility index (Phi) is 6.27. The summed E-state index contributed by atoms with van der Waals surface area (Å²) in [7, 11) is -4.42. The third-order valence-electron chi connectivity index (χ3n) is 6.82. The zero-order valence-corrected chi connectivity index (χ0v) is 20.7. The van der Waals surface area contributed by atoms with Gasteiger partial charge in [-0.1, -0.05) is 6.92 Å². The molecule has 184 valence electrons. The van der Waals surface area contributed by atoms with Crippen LogP contribution in [0.5, 0.6) is 0 Å². The summed E-state index contributed by atoms with van der Waals surface area (Å²) in [5.41, 5.74) is 0.535. The molecule has 35 heavy (non-hydrogen) atoms. The van der Waals surface area contributed by atoms with Crippen LogP contribution in [0.15, 0.2) is 58.4 Å². The molecule has 1 aromatic carbocycles. The number of carbonyl (C=O) groups excluding carboxylic acids is 1. The molecule has 8 nitrogen and oxygen atoms in total. The van der Waals surface area contributed by atoms with E-state index in [1.807, 2.05) is 23.5 Å². The number of carbonyl (C=O) groups is 1. The van der Waals surface area contributed by atoms with E-state index in [-0.39, 0.29) is 16.9 Å². The van der Waals surface area contributed by atoms with Crippen molar-refractivity contribution in [1.29, 1.82) is 0 Å². The van der Waals surface area contributed by atoms with Gasteiger partial charge in [0.05, 0.1) is 11.3 Å². The molecule has 1 aliphatic rings. The number of amides is 1. The Bertz CT molecular complexity index is 1470. The van der Waals surface area contributed by atoms with Gasteiger partial charge in [0.15, 0.2) is 4.90 Å².